The van der Waals surface area contributed by atoms with Crippen molar-refractivity contribution in [3.8, 4) is 34.5 Å². The Kier molecular flexibility index (Phi) is 20.0. The maximum atomic E-state index is 14.1. The Labute approximate surface area is 596 Å². The van der Waals surface area contributed by atoms with Gasteiger partial charge in [0.05, 0.1) is 50.5 Å². The molecule has 1 N–H and O–H groups in total. The number of aromatic hydroxyl groups is 1. The highest BCUT2D eigenvalue weighted by Gasteiger charge is 2.41. The summed E-state index contributed by atoms with van der Waals surface area (Å²) in [5, 5.41) is 14.1. The summed E-state index contributed by atoms with van der Waals surface area (Å²) in [6.45, 7) is 5.15. The number of phenols is 1. The molecule has 4 atom stereocenters. The highest BCUT2D eigenvalue weighted by molar-refractivity contribution is 6.20. The minimum atomic E-state index is -0.400. The third-order valence-corrected chi connectivity index (χ3v) is 21.7. The number of phenolic OH excluding ortho intramolecular Hbond substituents is 1. The van der Waals surface area contributed by atoms with Crippen molar-refractivity contribution in [3.05, 3.63) is 189 Å². The van der Waals surface area contributed by atoms with Gasteiger partial charge in [0.25, 0.3) is 11.8 Å². The molecule has 522 valence electrons. The van der Waals surface area contributed by atoms with Gasteiger partial charge in [0.1, 0.15) is 24.7 Å². The summed E-state index contributed by atoms with van der Waals surface area (Å²) in [6.07, 6.45) is 5.31. The number of nitrogens with zero attached hydrogens (tertiary/aromatic N) is 6. The predicted molar refractivity (Wildman–Crippen MR) is 386 cm³/mol. The van der Waals surface area contributed by atoms with E-state index in [2.05, 4.69) is 4.90 Å². The first kappa shape index (κ1) is 68.4. The molecule has 7 aliphatic rings. The van der Waals surface area contributed by atoms with E-state index in [4.69, 9.17) is 46.9 Å². The molecule has 0 spiro atoms. The van der Waals surface area contributed by atoms with Gasteiger partial charge in [-0.25, -0.2) is 4.79 Å². The number of ether oxygens (including phenoxy) is 5. The molecule has 0 unspecified atom stereocenters. The van der Waals surface area contributed by atoms with E-state index in [0.717, 1.165) is 93.7 Å². The molecule has 15 rings (SSSR count). The number of hydrogen-bond donors (Lipinski definition) is 1. The second-order valence-electron chi connectivity index (χ2n) is 27.3. The minimum Gasteiger partial charge on any atom is -0.507 e. The van der Waals surface area contributed by atoms with Gasteiger partial charge >= 0.3 is 6.09 Å². The van der Waals surface area contributed by atoms with Gasteiger partial charge in [-0.15, -0.1) is 23.2 Å². The molecular formula is C80H80Cl2N6O13. The summed E-state index contributed by atoms with van der Waals surface area (Å²) in [6, 6.07) is 40.4. The van der Waals surface area contributed by atoms with Crippen molar-refractivity contribution >= 4 is 97.4 Å². The third kappa shape index (κ3) is 13.8. The van der Waals surface area contributed by atoms with Crippen LogP contribution < -0.4 is 33.5 Å². The molecule has 0 saturated carbocycles. The third-order valence-electron chi connectivity index (χ3n) is 20.9. The fourth-order valence-electron chi connectivity index (χ4n) is 15.7. The molecule has 101 heavy (non-hydrogen) atoms. The molecule has 8 aromatic rings. The molecule has 21 heteroatoms. The number of methoxy groups -OCH3 is 2. The van der Waals surface area contributed by atoms with Crippen molar-refractivity contribution in [1.29, 1.82) is 0 Å². The number of piperazine rings is 1. The number of likely N-dealkylation sites (N-methyl/N-ethyl adjacent to an activating group) is 1. The number of carbonyl (C=O) groups is 7. The van der Waals surface area contributed by atoms with Crippen LogP contribution in [0.25, 0.3) is 21.5 Å². The number of Topliss-reactive ketones (excluding diaryl/α,β-unsaturated/α-hetero) is 2. The van der Waals surface area contributed by atoms with Crippen LogP contribution in [0.5, 0.6) is 34.5 Å². The Morgan fingerprint density at radius 2 is 0.950 bits per heavy atom. The van der Waals surface area contributed by atoms with Gasteiger partial charge in [-0.3, -0.25) is 28.8 Å². The summed E-state index contributed by atoms with van der Waals surface area (Å²) in [7, 11) is 5.10. The van der Waals surface area contributed by atoms with Gasteiger partial charge < -0.3 is 58.2 Å². The molecule has 3 fully saturated rings. The molecule has 7 heterocycles. The van der Waals surface area contributed by atoms with E-state index < -0.39 is 6.09 Å². The maximum Gasteiger partial charge on any atom is 0.415 e. The smallest absolute Gasteiger partial charge is 0.415 e. The zero-order valence-corrected chi connectivity index (χ0v) is 58.4. The molecule has 5 amide bonds. The van der Waals surface area contributed by atoms with Gasteiger partial charge in [0.15, 0.2) is 34.6 Å². The average molecular weight is 1400 g/mol. The number of piperidine rings is 2. The number of alkyl halides is 2. The number of amides is 5. The molecule has 0 aromatic heterocycles. The second-order valence-corrected chi connectivity index (χ2v) is 27.9. The lowest BCUT2D eigenvalue weighted by Crippen LogP contribution is -2.48. The summed E-state index contributed by atoms with van der Waals surface area (Å²) in [5.41, 5.74) is 8.99. The van der Waals surface area contributed by atoms with Crippen LogP contribution in [0.1, 0.15) is 116 Å². The average Bonchev–Trinajstić information content (AvgIpc) is 1.63. The lowest BCUT2D eigenvalue weighted by molar-refractivity contribution is -0.124. The molecule has 7 aliphatic heterocycles. The standard InChI is InChI=1S/C43H45ClN4O7.C37H35ClN2O6/c1-45-14-16-46(17-15-45)43(52)55-37-23-35-41(32-11-4-3-10-31(32)37)30(24-44)25-48(35)40(50)19-27-8-7-9-28(18-27)26-54-39-21-29-20-36(49)34-12-5-6-13-47(34)42(51)33(29)22-38(39)53-2;1-45-33-17-28-24(15-32(42)29-11-4-5-12-39(29)37(28)44)16-34(33)46-21-23-8-6-7-22(13-23)14-35(43)40-20-25(19-38)36-27-10-3-2-9-26(27)31(41)18-30(36)40/h3-4,7-11,18,21-23,30,34H,5-6,12-17,19-20,24-26H2,1-2H3;2-3,6-10,13,16-18,25,29,41H,4-5,11-12,14-15,19-21H2,1H3/t30-,34+;25-,29+/m11/s1. The number of rotatable bonds is 15. The van der Waals surface area contributed by atoms with Gasteiger partial charge in [-0.2, -0.15) is 0 Å². The molecule has 0 radical (unpaired) electrons. The van der Waals surface area contributed by atoms with Crippen molar-refractivity contribution in [2.24, 2.45) is 0 Å². The summed E-state index contributed by atoms with van der Waals surface area (Å²) < 4.78 is 29.8. The van der Waals surface area contributed by atoms with Crippen molar-refractivity contribution in [1.82, 2.24) is 19.6 Å². The van der Waals surface area contributed by atoms with Crippen LogP contribution in [-0.2, 0) is 58.1 Å². The van der Waals surface area contributed by atoms with Gasteiger partial charge in [0, 0.05) is 123 Å². The van der Waals surface area contributed by atoms with Crippen LogP contribution in [0.2, 0.25) is 0 Å². The number of benzene rings is 8. The summed E-state index contributed by atoms with van der Waals surface area (Å²) in [4.78, 5) is 105. The molecule has 8 aromatic carbocycles. The summed E-state index contributed by atoms with van der Waals surface area (Å²) in [5.74, 6) is 2.54. The number of halogens is 2. The summed E-state index contributed by atoms with van der Waals surface area (Å²) >= 11 is 12.9. The van der Waals surface area contributed by atoms with Gasteiger partial charge in [-0.1, -0.05) is 97.1 Å². The van der Waals surface area contributed by atoms with Crippen LogP contribution >= 0.6 is 23.2 Å². The number of anilines is 2. The van der Waals surface area contributed by atoms with E-state index in [9.17, 15) is 38.7 Å². The van der Waals surface area contributed by atoms with Crippen LogP contribution in [0, 0.1) is 0 Å². The quantitative estimate of drug-likeness (QED) is 0.0949. The topological polar surface area (TPSA) is 205 Å². The highest BCUT2D eigenvalue weighted by Crippen LogP contribution is 2.48. The fourth-order valence-corrected chi connectivity index (χ4v) is 16.2. The Bertz CT molecular complexity index is 4610. The van der Waals surface area contributed by atoms with Crippen molar-refractivity contribution in [3.63, 3.8) is 0 Å². The first-order chi connectivity index (χ1) is 49.1. The highest BCUT2D eigenvalue weighted by atomic mass is 35.5. The predicted octanol–water partition coefficient (Wildman–Crippen LogP) is 12.4. The maximum absolute atomic E-state index is 14.1. The van der Waals surface area contributed by atoms with Crippen LogP contribution in [0.15, 0.2) is 133 Å². The number of hydrogen-bond acceptors (Lipinski definition) is 14. The van der Waals surface area contributed by atoms with E-state index >= 15 is 0 Å². The molecule has 0 bridgehead atoms. The largest absolute Gasteiger partial charge is 0.507 e. The fraction of sp³-hybridized carbons (Fsp3) is 0.362. The SMILES string of the molecule is COc1cc2c(cc1OCc1cccc(CC(=O)N3C[C@@H](CCl)c4c3cc(O)c3ccccc43)c1)CC(=O)[C@@H]1CCCCN1C2=O.COc1cc2c(cc1OCc1cccc(CC(=O)N3C[C@@H](CCl)c4c3cc(OC(=O)N3CCN(C)CC3)c3ccccc43)c1)CC(=O)[C@@H]1CCCCN1C2=O. The Morgan fingerprint density at radius 1 is 0.495 bits per heavy atom. The molecular weight excluding hydrogens is 1320 g/mol. The second kappa shape index (κ2) is 29.5. The van der Waals surface area contributed by atoms with Crippen molar-refractivity contribution in [2.45, 2.75) is 101 Å². The van der Waals surface area contributed by atoms with Crippen LogP contribution in [-0.4, -0.2) is 163 Å². The van der Waals surface area contributed by atoms with Crippen molar-refractivity contribution in [2.75, 3.05) is 95.2 Å². The molecule has 3 saturated heterocycles. The lowest BCUT2D eigenvalue weighted by Gasteiger charge is -2.33. The molecule has 19 nitrogen and oxygen atoms in total. The Balaban J connectivity index is 0.000000174. The number of carbonyl (C=O) groups excluding carboxylic acids is 7. The normalized spacial score (nSPS) is 19.4. The van der Waals surface area contributed by atoms with Crippen LogP contribution in [0.4, 0.5) is 16.2 Å². The van der Waals surface area contributed by atoms with Gasteiger partial charge in [-0.05, 0) is 125 Å². The van der Waals surface area contributed by atoms with Gasteiger partial charge in [0.2, 0.25) is 11.8 Å². The van der Waals surface area contributed by atoms with E-state index in [1.807, 2.05) is 110 Å². The minimum absolute atomic E-state index is 0.0337. The zero-order valence-electron chi connectivity index (χ0n) is 56.9. The lowest BCUT2D eigenvalue weighted by atomic mass is 9.95. The van der Waals surface area contributed by atoms with E-state index in [-0.39, 0.29) is 104 Å². The van der Waals surface area contributed by atoms with E-state index in [0.29, 0.717) is 126 Å². The monoisotopic (exact) mass is 1400 g/mol. The number of ketones is 2. The zero-order chi connectivity index (χ0) is 70.2. The number of fused-ring (bicyclic) bond motifs is 10. The van der Waals surface area contributed by atoms with E-state index in [1.165, 1.54) is 14.2 Å². The van der Waals surface area contributed by atoms with Crippen molar-refractivity contribution < 1.29 is 62.4 Å². The first-order valence-corrected chi connectivity index (χ1v) is 35.8. The Morgan fingerprint density at radius 3 is 1.44 bits per heavy atom. The van der Waals surface area contributed by atoms with Crippen LogP contribution in [0.3, 0.4) is 0 Å². The molecule has 0 aliphatic carbocycles. The Hall–Kier alpha value is -9.69. The van der Waals surface area contributed by atoms with E-state index in [1.54, 1.807) is 54.8 Å². The first-order valence-electron chi connectivity index (χ1n) is 34.8.